The standard InChI is InChI=1S/C29H25FN4OS/c1-20(23-5-3-2-4-6-23)32-28(35)24-11-7-22(8-12-24)19-36-29-33-26-15-16-31-17-27(26)34(29)18-21-9-13-25(30)14-10-21/h2-17,20H,18-19H2,1H3,(H,32,35). The van der Waals surface area contributed by atoms with Gasteiger partial charge in [0.2, 0.25) is 0 Å². The lowest BCUT2D eigenvalue weighted by Gasteiger charge is -2.14. The summed E-state index contributed by atoms with van der Waals surface area (Å²) in [6, 6.07) is 25.9. The molecule has 1 unspecified atom stereocenters. The minimum atomic E-state index is -0.253. The van der Waals surface area contributed by atoms with Crippen LogP contribution in [0.3, 0.4) is 0 Å². The Morgan fingerprint density at radius 3 is 2.44 bits per heavy atom. The molecule has 5 rings (SSSR count). The third-order valence-corrected chi connectivity index (χ3v) is 7.05. The summed E-state index contributed by atoms with van der Waals surface area (Å²) < 4.78 is 15.5. The maximum atomic E-state index is 13.4. The molecule has 0 bridgehead atoms. The fourth-order valence-electron chi connectivity index (χ4n) is 3.99. The van der Waals surface area contributed by atoms with Gasteiger partial charge in [-0.1, -0.05) is 66.4 Å². The van der Waals surface area contributed by atoms with Crippen molar-refractivity contribution in [2.45, 2.75) is 30.4 Å². The first-order chi connectivity index (χ1) is 17.6. The van der Waals surface area contributed by atoms with Crippen molar-refractivity contribution in [3.05, 3.63) is 125 Å². The van der Waals surface area contributed by atoms with Crippen LogP contribution in [0.5, 0.6) is 0 Å². The first-order valence-electron chi connectivity index (χ1n) is 11.7. The van der Waals surface area contributed by atoms with Gasteiger partial charge in [0, 0.05) is 17.5 Å². The summed E-state index contributed by atoms with van der Waals surface area (Å²) in [7, 11) is 0. The molecule has 2 heterocycles. The number of hydrogen-bond donors (Lipinski definition) is 1. The number of thioether (sulfide) groups is 1. The molecule has 0 saturated carbocycles. The zero-order valence-electron chi connectivity index (χ0n) is 19.8. The maximum Gasteiger partial charge on any atom is 0.251 e. The molecule has 36 heavy (non-hydrogen) atoms. The predicted octanol–water partition coefficient (Wildman–Crippen LogP) is 6.40. The van der Waals surface area contributed by atoms with Gasteiger partial charge in [-0.2, -0.15) is 0 Å². The van der Waals surface area contributed by atoms with E-state index in [1.54, 1.807) is 36.3 Å². The van der Waals surface area contributed by atoms with Crippen molar-refractivity contribution in [2.75, 3.05) is 0 Å². The van der Waals surface area contributed by atoms with Gasteiger partial charge < -0.3 is 9.88 Å². The third-order valence-electron chi connectivity index (χ3n) is 6.00. The molecule has 180 valence electrons. The molecule has 0 saturated heterocycles. The van der Waals surface area contributed by atoms with E-state index in [9.17, 15) is 9.18 Å². The Labute approximate surface area is 213 Å². The van der Waals surface area contributed by atoms with Crippen LogP contribution in [0.1, 0.15) is 40.0 Å². The maximum absolute atomic E-state index is 13.4. The van der Waals surface area contributed by atoms with E-state index in [2.05, 4.69) is 14.9 Å². The van der Waals surface area contributed by atoms with Crippen LogP contribution in [0.25, 0.3) is 11.0 Å². The summed E-state index contributed by atoms with van der Waals surface area (Å²) in [5.74, 6) is 0.346. The Morgan fingerprint density at radius 2 is 1.69 bits per heavy atom. The van der Waals surface area contributed by atoms with Crippen LogP contribution in [0.2, 0.25) is 0 Å². The van der Waals surface area contributed by atoms with Crippen molar-refractivity contribution in [3.63, 3.8) is 0 Å². The average Bonchev–Trinajstić information content (AvgIpc) is 3.26. The number of carbonyl (C=O) groups is 1. The minimum Gasteiger partial charge on any atom is -0.346 e. The van der Waals surface area contributed by atoms with Crippen molar-refractivity contribution >= 4 is 28.7 Å². The Bertz CT molecular complexity index is 1470. The van der Waals surface area contributed by atoms with E-state index in [0.29, 0.717) is 17.9 Å². The fraction of sp³-hybridized carbons (Fsp3) is 0.138. The highest BCUT2D eigenvalue weighted by atomic mass is 32.2. The largest absolute Gasteiger partial charge is 0.346 e. The summed E-state index contributed by atoms with van der Waals surface area (Å²) in [6.07, 6.45) is 3.54. The highest BCUT2D eigenvalue weighted by molar-refractivity contribution is 7.98. The van der Waals surface area contributed by atoms with Crippen molar-refractivity contribution in [3.8, 4) is 0 Å². The molecule has 7 heteroatoms. The summed E-state index contributed by atoms with van der Waals surface area (Å²) in [5.41, 5.74) is 5.57. The molecule has 1 N–H and O–H groups in total. The topological polar surface area (TPSA) is 59.8 Å². The molecule has 5 nitrogen and oxygen atoms in total. The van der Waals surface area contributed by atoms with Crippen LogP contribution in [-0.4, -0.2) is 20.4 Å². The van der Waals surface area contributed by atoms with Gasteiger partial charge >= 0.3 is 0 Å². The van der Waals surface area contributed by atoms with E-state index in [1.165, 1.54) is 12.1 Å². The van der Waals surface area contributed by atoms with Crippen LogP contribution >= 0.6 is 11.8 Å². The summed E-state index contributed by atoms with van der Waals surface area (Å²) >= 11 is 1.62. The summed E-state index contributed by atoms with van der Waals surface area (Å²) in [5, 5.41) is 3.91. The van der Waals surface area contributed by atoms with Crippen LogP contribution < -0.4 is 5.32 Å². The number of hydrogen-bond acceptors (Lipinski definition) is 4. The number of nitrogens with zero attached hydrogens (tertiary/aromatic N) is 3. The molecule has 1 atom stereocenters. The monoisotopic (exact) mass is 496 g/mol. The number of benzene rings is 3. The van der Waals surface area contributed by atoms with E-state index >= 15 is 0 Å². The number of halogens is 1. The zero-order valence-corrected chi connectivity index (χ0v) is 20.6. The second-order valence-electron chi connectivity index (χ2n) is 8.56. The lowest BCUT2D eigenvalue weighted by Crippen LogP contribution is -2.26. The van der Waals surface area contributed by atoms with Crippen molar-refractivity contribution < 1.29 is 9.18 Å². The van der Waals surface area contributed by atoms with Gasteiger partial charge in [-0.05, 0) is 53.9 Å². The molecule has 0 spiro atoms. The average molecular weight is 497 g/mol. The molecule has 0 fully saturated rings. The Hall–Kier alpha value is -3.97. The normalized spacial score (nSPS) is 11.9. The van der Waals surface area contributed by atoms with Crippen LogP contribution in [0, 0.1) is 5.82 Å². The fourth-order valence-corrected chi connectivity index (χ4v) is 4.96. The highest BCUT2D eigenvalue weighted by Gasteiger charge is 2.14. The molecule has 0 aliphatic heterocycles. The van der Waals surface area contributed by atoms with Crippen molar-refractivity contribution in [2.24, 2.45) is 0 Å². The number of amides is 1. The molecule has 0 radical (unpaired) electrons. The number of aromatic nitrogens is 3. The zero-order chi connectivity index (χ0) is 24.9. The van der Waals surface area contributed by atoms with E-state index in [-0.39, 0.29) is 17.8 Å². The number of nitrogens with one attached hydrogen (secondary N) is 1. The summed E-state index contributed by atoms with van der Waals surface area (Å²) in [4.78, 5) is 21.8. The second-order valence-corrected chi connectivity index (χ2v) is 9.51. The van der Waals surface area contributed by atoms with Gasteiger partial charge in [0.25, 0.3) is 5.91 Å². The first-order valence-corrected chi connectivity index (χ1v) is 12.7. The Kier molecular flexibility index (Phi) is 7.09. The number of rotatable bonds is 8. The van der Waals surface area contributed by atoms with Gasteiger partial charge in [0.1, 0.15) is 5.82 Å². The summed E-state index contributed by atoms with van der Waals surface area (Å²) in [6.45, 7) is 2.55. The SMILES string of the molecule is CC(NC(=O)c1ccc(CSc2nc3ccncc3n2Cc2ccc(F)cc2)cc1)c1ccccc1. The first kappa shape index (κ1) is 23.8. The van der Waals surface area contributed by atoms with E-state index in [0.717, 1.165) is 32.9 Å². The number of imidazole rings is 1. The van der Waals surface area contributed by atoms with Gasteiger partial charge in [0.05, 0.1) is 29.8 Å². The lowest BCUT2D eigenvalue weighted by atomic mass is 10.1. The molecule has 0 aliphatic carbocycles. The Balaban J connectivity index is 1.27. The van der Waals surface area contributed by atoms with Crippen molar-refractivity contribution in [1.29, 1.82) is 0 Å². The van der Waals surface area contributed by atoms with Crippen LogP contribution in [-0.2, 0) is 12.3 Å². The molecule has 0 aliphatic rings. The van der Waals surface area contributed by atoms with Crippen LogP contribution in [0.4, 0.5) is 4.39 Å². The molecule has 5 aromatic rings. The molecule has 2 aromatic heterocycles. The minimum absolute atomic E-state index is 0.0717. The molecular weight excluding hydrogens is 471 g/mol. The van der Waals surface area contributed by atoms with Gasteiger partial charge in [-0.25, -0.2) is 9.37 Å². The quantitative estimate of drug-likeness (QED) is 0.253. The lowest BCUT2D eigenvalue weighted by molar-refractivity contribution is 0.0940. The predicted molar refractivity (Wildman–Crippen MR) is 141 cm³/mol. The molecular formula is C29H25FN4OS. The number of pyridine rings is 1. The van der Waals surface area contributed by atoms with E-state index < -0.39 is 0 Å². The third kappa shape index (κ3) is 5.47. The smallest absolute Gasteiger partial charge is 0.251 e. The molecule has 3 aromatic carbocycles. The van der Waals surface area contributed by atoms with Gasteiger partial charge in [-0.3, -0.25) is 9.78 Å². The van der Waals surface area contributed by atoms with Gasteiger partial charge in [0.15, 0.2) is 5.16 Å². The van der Waals surface area contributed by atoms with E-state index in [4.69, 9.17) is 4.98 Å². The molecule has 1 amide bonds. The van der Waals surface area contributed by atoms with Crippen LogP contribution in [0.15, 0.2) is 102 Å². The van der Waals surface area contributed by atoms with Crippen molar-refractivity contribution in [1.82, 2.24) is 19.9 Å². The second kappa shape index (κ2) is 10.7. The number of carbonyl (C=O) groups excluding carboxylic acids is 1. The number of fused-ring (bicyclic) bond motifs is 1. The Morgan fingerprint density at radius 1 is 0.972 bits per heavy atom. The highest BCUT2D eigenvalue weighted by Crippen LogP contribution is 2.27. The van der Waals surface area contributed by atoms with Gasteiger partial charge in [-0.15, -0.1) is 0 Å². The van der Waals surface area contributed by atoms with E-state index in [1.807, 2.05) is 67.6 Å².